The Bertz CT molecular complexity index is 582. The fourth-order valence-electron chi connectivity index (χ4n) is 2.23. The molecule has 2 aromatic rings. The first-order valence-corrected chi connectivity index (χ1v) is 7.96. The van der Waals surface area contributed by atoms with Crippen molar-refractivity contribution in [2.75, 3.05) is 6.54 Å². The van der Waals surface area contributed by atoms with Crippen molar-refractivity contribution < 1.29 is 0 Å². The first-order valence-electron chi connectivity index (χ1n) is 7.20. The summed E-state index contributed by atoms with van der Waals surface area (Å²) in [6.07, 6.45) is 3.75. The minimum Gasteiger partial charge on any atom is -0.310 e. The van der Waals surface area contributed by atoms with Gasteiger partial charge in [0.25, 0.3) is 0 Å². The van der Waals surface area contributed by atoms with Crippen LogP contribution in [0.1, 0.15) is 36.2 Å². The molecule has 2 rings (SSSR count). The van der Waals surface area contributed by atoms with E-state index in [1.54, 1.807) is 0 Å². The standard InChI is InChI=1S/C17H20Cl2N2/c1-3-9-20-16(10-13-8-7-12(2)11-21-13)14-5-4-6-15(18)17(14)19/h4-8,11,16,20H,3,9-10H2,1-2H3. The highest BCUT2D eigenvalue weighted by Crippen LogP contribution is 2.31. The van der Waals surface area contributed by atoms with Crippen LogP contribution < -0.4 is 5.32 Å². The highest BCUT2D eigenvalue weighted by atomic mass is 35.5. The average molecular weight is 323 g/mol. The second-order valence-electron chi connectivity index (χ2n) is 5.18. The van der Waals surface area contributed by atoms with Crippen LogP contribution in [0.3, 0.4) is 0 Å². The molecule has 1 aromatic heterocycles. The fraction of sp³-hybridized carbons (Fsp3) is 0.353. The molecule has 112 valence electrons. The molecule has 2 nitrogen and oxygen atoms in total. The van der Waals surface area contributed by atoms with Gasteiger partial charge in [-0.1, -0.05) is 48.3 Å². The maximum Gasteiger partial charge on any atom is 0.0640 e. The molecular formula is C17H20Cl2N2. The van der Waals surface area contributed by atoms with Crippen LogP contribution in [0.25, 0.3) is 0 Å². The zero-order valence-electron chi connectivity index (χ0n) is 12.4. The number of hydrogen-bond acceptors (Lipinski definition) is 2. The third kappa shape index (κ3) is 4.44. The summed E-state index contributed by atoms with van der Waals surface area (Å²) in [6, 6.07) is 10.0. The van der Waals surface area contributed by atoms with Gasteiger partial charge in [0, 0.05) is 24.4 Å². The second kappa shape index (κ2) is 7.79. The Balaban J connectivity index is 2.25. The van der Waals surface area contributed by atoms with Crippen molar-refractivity contribution in [3.63, 3.8) is 0 Å². The van der Waals surface area contributed by atoms with E-state index in [2.05, 4.69) is 29.4 Å². The van der Waals surface area contributed by atoms with E-state index < -0.39 is 0 Å². The van der Waals surface area contributed by atoms with Crippen LogP contribution in [-0.4, -0.2) is 11.5 Å². The van der Waals surface area contributed by atoms with Gasteiger partial charge in [-0.15, -0.1) is 0 Å². The molecule has 0 amide bonds. The Morgan fingerprint density at radius 3 is 2.67 bits per heavy atom. The summed E-state index contributed by atoms with van der Waals surface area (Å²) in [6.45, 7) is 5.12. The van der Waals surface area contributed by atoms with E-state index in [-0.39, 0.29) is 6.04 Å². The second-order valence-corrected chi connectivity index (χ2v) is 5.97. The van der Waals surface area contributed by atoms with Gasteiger partial charge in [0.2, 0.25) is 0 Å². The fourth-order valence-corrected chi connectivity index (χ4v) is 2.67. The van der Waals surface area contributed by atoms with E-state index >= 15 is 0 Å². The van der Waals surface area contributed by atoms with Crippen molar-refractivity contribution in [1.29, 1.82) is 0 Å². The van der Waals surface area contributed by atoms with Gasteiger partial charge in [-0.2, -0.15) is 0 Å². The van der Waals surface area contributed by atoms with Gasteiger partial charge in [-0.25, -0.2) is 0 Å². The molecule has 0 saturated carbocycles. The Labute approximate surface area is 136 Å². The number of nitrogens with one attached hydrogen (secondary N) is 1. The molecule has 0 saturated heterocycles. The summed E-state index contributed by atoms with van der Waals surface area (Å²) in [7, 11) is 0. The van der Waals surface area contributed by atoms with E-state index in [0.29, 0.717) is 10.0 Å². The summed E-state index contributed by atoms with van der Waals surface area (Å²) >= 11 is 12.5. The third-order valence-corrected chi connectivity index (χ3v) is 4.22. The molecule has 0 fully saturated rings. The molecule has 21 heavy (non-hydrogen) atoms. The van der Waals surface area contributed by atoms with Crippen LogP contribution in [0.15, 0.2) is 36.5 Å². The molecular weight excluding hydrogens is 303 g/mol. The smallest absolute Gasteiger partial charge is 0.0640 e. The Hall–Kier alpha value is -1.09. The summed E-state index contributed by atoms with van der Waals surface area (Å²) < 4.78 is 0. The average Bonchev–Trinajstić information content (AvgIpc) is 2.48. The van der Waals surface area contributed by atoms with Gasteiger partial charge in [0.05, 0.1) is 10.0 Å². The minimum atomic E-state index is 0.117. The summed E-state index contributed by atoms with van der Waals surface area (Å²) in [5.74, 6) is 0. The van der Waals surface area contributed by atoms with Crippen LogP contribution in [-0.2, 0) is 6.42 Å². The molecule has 1 atom stereocenters. The molecule has 0 bridgehead atoms. The highest BCUT2D eigenvalue weighted by molar-refractivity contribution is 6.42. The normalized spacial score (nSPS) is 12.4. The van der Waals surface area contributed by atoms with Gasteiger partial charge in [-0.3, -0.25) is 4.98 Å². The predicted molar refractivity (Wildman–Crippen MR) is 90.2 cm³/mol. The van der Waals surface area contributed by atoms with E-state index in [1.807, 2.05) is 31.3 Å². The molecule has 1 N–H and O–H groups in total. The lowest BCUT2D eigenvalue weighted by Crippen LogP contribution is -2.24. The van der Waals surface area contributed by atoms with Gasteiger partial charge in [-0.05, 0) is 43.1 Å². The maximum atomic E-state index is 6.37. The summed E-state index contributed by atoms with van der Waals surface area (Å²) in [5.41, 5.74) is 3.24. The first-order chi connectivity index (χ1) is 10.1. The van der Waals surface area contributed by atoms with E-state index in [4.69, 9.17) is 23.2 Å². The topological polar surface area (TPSA) is 24.9 Å². The zero-order valence-corrected chi connectivity index (χ0v) is 13.9. The molecule has 1 aromatic carbocycles. The van der Waals surface area contributed by atoms with Crippen LogP contribution in [0.2, 0.25) is 10.0 Å². The van der Waals surface area contributed by atoms with Crippen molar-refractivity contribution in [3.8, 4) is 0 Å². The zero-order chi connectivity index (χ0) is 15.2. The van der Waals surface area contributed by atoms with Crippen molar-refractivity contribution in [2.24, 2.45) is 0 Å². The summed E-state index contributed by atoms with van der Waals surface area (Å²) in [5, 5.41) is 4.75. The molecule has 4 heteroatoms. The van der Waals surface area contributed by atoms with Crippen molar-refractivity contribution in [2.45, 2.75) is 32.7 Å². The molecule has 1 heterocycles. The summed E-state index contributed by atoms with van der Waals surface area (Å²) in [4.78, 5) is 4.49. The molecule has 0 radical (unpaired) electrons. The largest absolute Gasteiger partial charge is 0.310 e. The van der Waals surface area contributed by atoms with Crippen molar-refractivity contribution >= 4 is 23.2 Å². The predicted octanol–water partition coefficient (Wildman–Crippen LogP) is 4.98. The van der Waals surface area contributed by atoms with Crippen LogP contribution >= 0.6 is 23.2 Å². The molecule has 1 unspecified atom stereocenters. The lowest BCUT2D eigenvalue weighted by Gasteiger charge is -2.20. The van der Waals surface area contributed by atoms with E-state index in [0.717, 1.165) is 36.2 Å². The number of aryl methyl sites for hydroxylation is 1. The Kier molecular flexibility index (Phi) is 6.04. The minimum absolute atomic E-state index is 0.117. The van der Waals surface area contributed by atoms with Gasteiger partial charge in [0.15, 0.2) is 0 Å². The highest BCUT2D eigenvalue weighted by Gasteiger charge is 2.16. The number of aromatic nitrogens is 1. The number of benzene rings is 1. The number of rotatable bonds is 6. The SMILES string of the molecule is CCCNC(Cc1ccc(C)cn1)c1cccc(Cl)c1Cl. The van der Waals surface area contributed by atoms with E-state index in [9.17, 15) is 0 Å². The first kappa shape index (κ1) is 16.3. The Morgan fingerprint density at radius 2 is 2.00 bits per heavy atom. The molecule has 0 aliphatic heterocycles. The number of pyridine rings is 1. The Morgan fingerprint density at radius 1 is 1.19 bits per heavy atom. The molecule has 0 aliphatic rings. The maximum absolute atomic E-state index is 6.37. The van der Waals surface area contributed by atoms with Crippen LogP contribution in [0, 0.1) is 6.92 Å². The third-order valence-electron chi connectivity index (χ3n) is 3.38. The van der Waals surface area contributed by atoms with Gasteiger partial charge >= 0.3 is 0 Å². The number of halogens is 2. The molecule has 0 aliphatic carbocycles. The van der Waals surface area contributed by atoms with Crippen molar-refractivity contribution in [1.82, 2.24) is 10.3 Å². The van der Waals surface area contributed by atoms with Gasteiger partial charge < -0.3 is 5.32 Å². The van der Waals surface area contributed by atoms with Crippen LogP contribution in [0.4, 0.5) is 0 Å². The molecule has 0 spiro atoms. The lowest BCUT2D eigenvalue weighted by atomic mass is 10.0. The monoisotopic (exact) mass is 322 g/mol. The van der Waals surface area contributed by atoms with E-state index in [1.165, 1.54) is 0 Å². The van der Waals surface area contributed by atoms with Crippen LogP contribution in [0.5, 0.6) is 0 Å². The van der Waals surface area contributed by atoms with Crippen molar-refractivity contribution in [3.05, 3.63) is 63.4 Å². The lowest BCUT2D eigenvalue weighted by molar-refractivity contribution is 0.524. The number of hydrogen-bond donors (Lipinski definition) is 1. The van der Waals surface area contributed by atoms with Gasteiger partial charge in [0.1, 0.15) is 0 Å². The quantitative estimate of drug-likeness (QED) is 0.811. The number of nitrogens with zero attached hydrogens (tertiary/aromatic N) is 1.